The number of ether oxygens (including phenoxy) is 3. The van der Waals surface area contributed by atoms with Gasteiger partial charge in [0.1, 0.15) is 0 Å². The fourth-order valence-electron chi connectivity index (χ4n) is 3.94. The van der Waals surface area contributed by atoms with Gasteiger partial charge in [-0.25, -0.2) is 0 Å². The molecule has 0 amide bonds. The van der Waals surface area contributed by atoms with Crippen LogP contribution in [0.1, 0.15) is 63.9 Å². The SMILES string of the molecule is CCOC(=O)CCCC(CCN)(CCOC1CCCCO1)c1ccc(Cl)c(Cl)c1. The normalized spacial score (nSPS) is 19.0. The number of nitrogens with two attached hydrogens (primary N) is 1. The molecule has 164 valence electrons. The van der Waals surface area contributed by atoms with Gasteiger partial charge < -0.3 is 19.9 Å². The second kappa shape index (κ2) is 12.8. The minimum absolute atomic E-state index is 0.132. The van der Waals surface area contributed by atoms with Gasteiger partial charge in [0.2, 0.25) is 0 Å². The predicted molar refractivity (Wildman–Crippen MR) is 116 cm³/mol. The molecule has 7 heteroatoms. The lowest BCUT2D eigenvalue weighted by Crippen LogP contribution is -2.33. The Hall–Kier alpha value is -0.850. The summed E-state index contributed by atoms with van der Waals surface area (Å²) in [7, 11) is 0. The molecule has 2 unspecified atom stereocenters. The number of benzene rings is 1. The van der Waals surface area contributed by atoms with Gasteiger partial charge in [-0.05, 0) is 81.5 Å². The number of rotatable bonds is 12. The zero-order valence-corrected chi connectivity index (χ0v) is 18.8. The molecule has 1 aromatic carbocycles. The number of esters is 1. The molecule has 1 aliphatic heterocycles. The highest BCUT2D eigenvalue weighted by Crippen LogP contribution is 2.39. The first-order chi connectivity index (χ1) is 14.0. The van der Waals surface area contributed by atoms with Crippen LogP contribution in [0.4, 0.5) is 0 Å². The van der Waals surface area contributed by atoms with E-state index in [1.54, 1.807) is 0 Å². The fraction of sp³-hybridized carbons (Fsp3) is 0.682. The van der Waals surface area contributed by atoms with E-state index in [0.29, 0.717) is 42.6 Å². The number of halogens is 2. The summed E-state index contributed by atoms with van der Waals surface area (Å²) < 4.78 is 16.8. The summed E-state index contributed by atoms with van der Waals surface area (Å²) in [6.45, 7) is 4.06. The molecule has 1 fully saturated rings. The Bertz CT molecular complexity index is 637. The maximum Gasteiger partial charge on any atom is 0.305 e. The number of hydrogen-bond donors (Lipinski definition) is 1. The summed E-state index contributed by atoms with van der Waals surface area (Å²) in [5, 5.41) is 1.04. The lowest BCUT2D eigenvalue weighted by molar-refractivity contribution is -0.164. The van der Waals surface area contributed by atoms with Crippen LogP contribution in [0.25, 0.3) is 0 Å². The van der Waals surface area contributed by atoms with Crippen molar-refractivity contribution in [1.82, 2.24) is 0 Å². The van der Waals surface area contributed by atoms with Gasteiger partial charge in [0.05, 0.1) is 23.3 Å². The van der Waals surface area contributed by atoms with Crippen LogP contribution in [0, 0.1) is 0 Å². The van der Waals surface area contributed by atoms with Gasteiger partial charge in [-0.1, -0.05) is 29.3 Å². The first kappa shape index (κ1) is 24.4. The lowest BCUT2D eigenvalue weighted by Gasteiger charge is -2.35. The van der Waals surface area contributed by atoms with Gasteiger partial charge in [-0.15, -0.1) is 0 Å². The lowest BCUT2D eigenvalue weighted by atomic mass is 9.71. The molecule has 0 aromatic heterocycles. The van der Waals surface area contributed by atoms with E-state index in [2.05, 4.69) is 0 Å². The monoisotopic (exact) mass is 445 g/mol. The van der Waals surface area contributed by atoms with Gasteiger partial charge in [-0.3, -0.25) is 4.79 Å². The van der Waals surface area contributed by atoms with E-state index in [9.17, 15) is 4.79 Å². The molecule has 2 atom stereocenters. The minimum Gasteiger partial charge on any atom is -0.466 e. The van der Waals surface area contributed by atoms with Crippen LogP contribution in [0.3, 0.4) is 0 Å². The van der Waals surface area contributed by atoms with Gasteiger partial charge >= 0.3 is 5.97 Å². The van der Waals surface area contributed by atoms with E-state index in [0.717, 1.165) is 50.7 Å². The maximum atomic E-state index is 11.8. The molecule has 2 N–H and O–H groups in total. The third-order valence-electron chi connectivity index (χ3n) is 5.52. The number of carbonyl (C=O) groups is 1. The second-order valence-electron chi connectivity index (χ2n) is 7.52. The van der Waals surface area contributed by atoms with Crippen molar-refractivity contribution in [2.45, 2.75) is 70.0 Å². The van der Waals surface area contributed by atoms with Crippen LogP contribution in [0.5, 0.6) is 0 Å². The Morgan fingerprint density at radius 2 is 2.07 bits per heavy atom. The summed E-state index contributed by atoms with van der Waals surface area (Å²) in [6, 6.07) is 5.74. The molecular formula is C22H33Cl2NO4. The van der Waals surface area contributed by atoms with Crippen LogP contribution < -0.4 is 5.73 Å². The Morgan fingerprint density at radius 3 is 2.72 bits per heavy atom. The van der Waals surface area contributed by atoms with E-state index >= 15 is 0 Å². The summed E-state index contributed by atoms with van der Waals surface area (Å²) in [5.41, 5.74) is 6.83. The molecule has 29 heavy (non-hydrogen) atoms. The quantitative estimate of drug-likeness (QED) is 0.445. The smallest absolute Gasteiger partial charge is 0.305 e. The van der Waals surface area contributed by atoms with Gasteiger partial charge in [-0.2, -0.15) is 0 Å². The summed E-state index contributed by atoms with van der Waals surface area (Å²) in [6.07, 6.45) is 6.43. The summed E-state index contributed by atoms with van der Waals surface area (Å²) >= 11 is 12.4. The Kier molecular flexibility index (Phi) is 10.7. The molecule has 1 saturated heterocycles. The van der Waals surface area contributed by atoms with E-state index in [4.69, 9.17) is 43.1 Å². The Labute approximate surface area is 184 Å². The van der Waals surface area contributed by atoms with Crippen LogP contribution in [-0.2, 0) is 24.4 Å². The highest BCUT2D eigenvalue weighted by molar-refractivity contribution is 6.42. The second-order valence-corrected chi connectivity index (χ2v) is 8.34. The molecule has 0 radical (unpaired) electrons. The van der Waals surface area contributed by atoms with Crippen molar-refractivity contribution in [1.29, 1.82) is 0 Å². The number of hydrogen-bond acceptors (Lipinski definition) is 5. The summed E-state index contributed by atoms with van der Waals surface area (Å²) in [4.78, 5) is 11.8. The van der Waals surface area contributed by atoms with Crippen molar-refractivity contribution >= 4 is 29.2 Å². The van der Waals surface area contributed by atoms with Crippen LogP contribution in [-0.4, -0.2) is 38.6 Å². The highest BCUT2D eigenvalue weighted by Gasteiger charge is 2.32. The Morgan fingerprint density at radius 1 is 1.24 bits per heavy atom. The van der Waals surface area contributed by atoms with Gasteiger partial charge in [0, 0.05) is 13.0 Å². The third-order valence-corrected chi connectivity index (χ3v) is 6.26. The van der Waals surface area contributed by atoms with Crippen molar-refractivity contribution in [3.8, 4) is 0 Å². The molecule has 1 aliphatic rings. The first-order valence-electron chi connectivity index (χ1n) is 10.5. The number of carbonyl (C=O) groups excluding carboxylic acids is 1. The average Bonchev–Trinajstić information content (AvgIpc) is 2.71. The molecule has 1 heterocycles. The van der Waals surface area contributed by atoms with Crippen molar-refractivity contribution < 1.29 is 19.0 Å². The van der Waals surface area contributed by atoms with Crippen LogP contribution in [0.2, 0.25) is 10.0 Å². The molecule has 0 saturated carbocycles. The fourth-order valence-corrected chi connectivity index (χ4v) is 4.24. The minimum atomic E-state index is -0.246. The van der Waals surface area contributed by atoms with Gasteiger partial charge in [0.15, 0.2) is 6.29 Å². The molecule has 1 aromatic rings. The van der Waals surface area contributed by atoms with Crippen molar-refractivity contribution in [2.24, 2.45) is 5.73 Å². The van der Waals surface area contributed by atoms with Gasteiger partial charge in [0.25, 0.3) is 0 Å². The van der Waals surface area contributed by atoms with Crippen LogP contribution in [0.15, 0.2) is 18.2 Å². The highest BCUT2D eigenvalue weighted by atomic mass is 35.5. The van der Waals surface area contributed by atoms with E-state index < -0.39 is 0 Å². The molecule has 0 bridgehead atoms. The van der Waals surface area contributed by atoms with E-state index in [-0.39, 0.29) is 17.7 Å². The largest absolute Gasteiger partial charge is 0.466 e. The summed E-state index contributed by atoms with van der Waals surface area (Å²) in [5.74, 6) is -0.171. The van der Waals surface area contributed by atoms with E-state index in [1.807, 2.05) is 25.1 Å². The molecule has 5 nitrogen and oxygen atoms in total. The average molecular weight is 446 g/mol. The maximum absolute atomic E-state index is 11.8. The van der Waals surface area contributed by atoms with Crippen LogP contribution >= 0.6 is 23.2 Å². The van der Waals surface area contributed by atoms with Crippen molar-refractivity contribution in [3.05, 3.63) is 33.8 Å². The topological polar surface area (TPSA) is 70.8 Å². The molecule has 0 spiro atoms. The van der Waals surface area contributed by atoms with Crippen molar-refractivity contribution in [3.63, 3.8) is 0 Å². The molecular weight excluding hydrogens is 413 g/mol. The Balaban J connectivity index is 2.12. The van der Waals surface area contributed by atoms with Crippen molar-refractivity contribution in [2.75, 3.05) is 26.4 Å². The predicted octanol–water partition coefficient (Wildman–Crippen LogP) is 5.25. The standard InChI is InChI=1S/C22H33Cl2NO4/c1-2-27-20(26)6-5-10-22(11-13-25,17-8-9-18(23)19(24)16-17)12-15-29-21-7-3-4-14-28-21/h8-9,16,21H,2-7,10-15,25H2,1H3. The first-order valence-corrected chi connectivity index (χ1v) is 11.3. The molecule has 2 rings (SSSR count). The zero-order valence-electron chi connectivity index (χ0n) is 17.3. The molecule has 0 aliphatic carbocycles. The zero-order chi connectivity index (χ0) is 21.1. The third kappa shape index (κ3) is 7.72. The van der Waals surface area contributed by atoms with E-state index in [1.165, 1.54) is 0 Å².